The Hall–Kier alpha value is -5.42. The molecule has 6 rings (SSSR count). The van der Waals surface area contributed by atoms with Gasteiger partial charge >= 0.3 is 24.2 Å². The van der Waals surface area contributed by atoms with Gasteiger partial charge in [-0.3, -0.25) is 9.59 Å². The third kappa shape index (κ3) is 15.8. The van der Waals surface area contributed by atoms with Gasteiger partial charge in [-0.25, -0.2) is 9.59 Å². The van der Waals surface area contributed by atoms with Crippen molar-refractivity contribution in [1.82, 2.24) is 5.32 Å². The number of alkyl halides is 3. The summed E-state index contributed by atoms with van der Waals surface area (Å²) in [6, 6.07) is 30.4. The first kappa shape index (κ1) is 51.0. The first-order chi connectivity index (χ1) is 32.2. The minimum atomic E-state index is -1.99. The number of halogens is 3. The van der Waals surface area contributed by atoms with E-state index in [4.69, 9.17) is 77.8 Å². The van der Waals surface area contributed by atoms with Crippen molar-refractivity contribution in [2.45, 2.75) is 99.0 Å². The fourth-order valence-corrected chi connectivity index (χ4v) is 7.80. The van der Waals surface area contributed by atoms with E-state index < -0.39 is 65.2 Å². The van der Waals surface area contributed by atoms with Crippen LogP contribution in [0.4, 0.5) is 9.59 Å². The lowest BCUT2D eigenvalue weighted by atomic mass is 9.96. The van der Waals surface area contributed by atoms with E-state index in [9.17, 15) is 24.0 Å². The third-order valence-electron chi connectivity index (χ3n) is 10.8. The van der Waals surface area contributed by atoms with Crippen molar-refractivity contribution in [2.75, 3.05) is 26.4 Å². The molecule has 4 aromatic carbocycles. The van der Waals surface area contributed by atoms with Crippen LogP contribution in [0.25, 0.3) is 11.1 Å². The SMILES string of the molecule is CC(=O)CCC(=O)O[C@H]1[C@H](OC(=O)OCC2c3ccccc3-c3ccccc32)[C@@H](NC(=O)OCC(Cl)(Cl)Cl)[C@H](OCc2ccc(OCCCCCC(=O)O)cc2)O[C@@H]1COCc1ccccc1. The molecule has 15 nitrogen and oxygen atoms in total. The topological polar surface area (TPSA) is 191 Å². The van der Waals surface area contributed by atoms with Crippen molar-refractivity contribution < 1.29 is 67.0 Å². The predicted molar refractivity (Wildman–Crippen MR) is 246 cm³/mol. The fraction of sp³-hybridized carbons (Fsp3) is 0.408. The first-order valence-corrected chi connectivity index (χ1v) is 22.9. The van der Waals surface area contributed by atoms with Crippen molar-refractivity contribution in [2.24, 2.45) is 0 Å². The number of esters is 1. The number of fused-ring (bicyclic) bond motifs is 3. The number of carbonyl (C=O) groups excluding carboxylic acids is 4. The lowest BCUT2D eigenvalue weighted by molar-refractivity contribution is -0.280. The van der Waals surface area contributed by atoms with E-state index in [1.165, 1.54) is 6.92 Å². The number of ketones is 1. The van der Waals surface area contributed by atoms with E-state index in [1.54, 1.807) is 24.3 Å². The van der Waals surface area contributed by atoms with Crippen LogP contribution >= 0.6 is 34.8 Å². The van der Waals surface area contributed by atoms with E-state index in [0.717, 1.165) is 27.8 Å². The molecule has 0 saturated carbocycles. The first-order valence-electron chi connectivity index (χ1n) is 21.8. The Kier molecular flexibility index (Phi) is 19.1. The molecular formula is C49H52Cl3NO14. The number of hydrogen-bond donors (Lipinski definition) is 2. The zero-order valence-corrected chi connectivity index (χ0v) is 38.9. The Balaban J connectivity index is 1.27. The second-order valence-corrected chi connectivity index (χ2v) is 18.5. The molecule has 1 fully saturated rings. The van der Waals surface area contributed by atoms with E-state index in [1.807, 2.05) is 78.9 Å². The van der Waals surface area contributed by atoms with Crippen molar-refractivity contribution in [3.8, 4) is 16.9 Å². The molecule has 67 heavy (non-hydrogen) atoms. The van der Waals surface area contributed by atoms with Gasteiger partial charge in [-0.15, -0.1) is 0 Å². The third-order valence-corrected chi connectivity index (χ3v) is 11.2. The second-order valence-electron chi connectivity index (χ2n) is 15.9. The van der Waals surface area contributed by atoms with Crippen molar-refractivity contribution in [3.05, 3.63) is 125 Å². The standard InChI is InChI=1S/C49H52Cl3NO14/c1-31(54)19-24-42(57)66-44-40(29-60-26-32-12-4-2-5-13-32)65-46(62-27-33-20-22-34(23-21-33)61-25-11-3-6-18-41(55)56)43(53-47(58)64-30-49(50,51)52)45(44)67-48(59)63-28-39-37-16-9-7-14-35(37)36-15-8-10-17-38(36)39/h2,4-5,7-10,12-17,20-23,39-40,43-46H,3,6,11,18-19,24-30H2,1H3,(H,53,58)(H,55,56)/t40-,43-,44-,45-,46-/m1/s1. The number of unbranched alkanes of at least 4 members (excludes halogenated alkanes) is 2. The van der Waals surface area contributed by atoms with Crippen molar-refractivity contribution >= 4 is 64.8 Å². The molecule has 18 heteroatoms. The average molecular weight is 985 g/mol. The Morgan fingerprint density at radius 1 is 0.701 bits per heavy atom. The maximum absolute atomic E-state index is 14.0. The Morgan fingerprint density at radius 3 is 2.01 bits per heavy atom. The normalized spacial score (nSPS) is 18.8. The highest BCUT2D eigenvalue weighted by Crippen LogP contribution is 2.44. The minimum absolute atomic E-state index is 0.0998. The smallest absolute Gasteiger partial charge is 0.494 e. The quantitative estimate of drug-likeness (QED) is 0.0309. The Bertz CT molecular complexity index is 2230. The molecule has 2 aliphatic rings. The van der Waals surface area contributed by atoms with Gasteiger partial charge in [-0.1, -0.05) is 126 Å². The average Bonchev–Trinajstić information content (AvgIpc) is 3.63. The summed E-state index contributed by atoms with van der Waals surface area (Å²) in [4.78, 5) is 63.7. The van der Waals surface area contributed by atoms with Crippen LogP contribution in [0.2, 0.25) is 0 Å². The molecular weight excluding hydrogens is 933 g/mol. The molecule has 1 aliphatic carbocycles. The molecule has 4 aromatic rings. The van der Waals surface area contributed by atoms with Gasteiger partial charge in [0.15, 0.2) is 18.5 Å². The molecule has 5 atom stereocenters. The molecule has 0 unspecified atom stereocenters. The molecule has 1 aliphatic heterocycles. The molecule has 0 radical (unpaired) electrons. The lowest BCUT2D eigenvalue weighted by Gasteiger charge is -2.45. The highest BCUT2D eigenvalue weighted by Gasteiger charge is 2.52. The number of nitrogens with one attached hydrogen (secondary N) is 1. The van der Waals surface area contributed by atoms with Crippen LogP contribution in [0.15, 0.2) is 103 Å². The minimum Gasteiger partial charge on any atom is -0.494 e. The van der Waals surface area contributed by atoms with E-state index in [2.05, 4.69) is 5.32 Å². The number of ether oxygens (including phenoxy) is 8. The number of carbonyl (C=O) groups is 5. The molecule has 0 bridgehead atoms. The maximum atomic E-state index is 14.0. The number of hydrogen-bond acceptors (Lipinski definition) is 13. The zero-order valence-electron chi connectivity index (χ0n) is 36.7. The van der Waals surface area contributed by atoms with E-state index >= 15 is 0 Å². The molecule has 1 amide bonds. The largest absolute Gasteiger partial charge is 0.508 e. The van der Waals surface area contributed by atoms with Crippen LogP contribution in [-0.2, 0) is 60.8 Å². The van der Waals surface area contributed by atoms with Crippen LogP contribution in [0.5, 0.6) is 5.75 Å². The molecule has 358 valence electrons. The summed E-state index contributed by atoms with van der Waals surface area (Å²) in [7, 11) is 0. The summed E-state index contributed by atoms with van der Waals surface area (Å²) < 4.78 is 45.8. The van der Waals surface area contributed by atoms with Crippen LogP contribution in [0, 0.1) is 0 Å². The van der Waals surface area contributed by atoms with Crippen LogP contribution in [0.3, 0.4) is 0 Å². The van der Waals surface area contributed by atoms with Crippen LogP contribution in [0.1, 0.15) is 73.6 Å². The van der Waals surface area contributed by atoms with Crippen LogP contribution in [-0.4, -0.2) is 95.9 Å². The summed E-state index contributed by atoms with van der Waals surface area (Å²) >= 11 is 17.7. The van der Waals surface area contributed by atoms with Gasteiger partial charge in [0.2, 0.25) is 3.79 Å². The van der Waals surface area contributed by atoms with Crippen molar-refractivity contribution in [1.29, 1.82) is 0 Å². The number of alkyl carbamates (subject to hydrolysis) is 1. The number of benzene rings is 4. The Morgan fingerprint density at radius 2 is 1.36 bits per heavy atom. The summed E-state index contributed by atoms with van der Waals surface area (Å²) in [5, 5.41) is 11.5. The molecule has 0 aromatic heterocycles. The Labute approximate surface area is 403 Å². The summed E-state index contributed by atoms with van der Waals surface area (Å²) in [6.07, 6.45) is -6.40. The summed E-state index contributed by atoms with van der Waals surface area (Å²) in [5.74, 6) is -1.68. The molecule has 0 spiro atoms. The number of carboxylic acids is 1. The molecule has 1 saturated heterocycles. The highest BCUT2D eigenvalue weighted by atomic mass is 35.6. The zero-order chi connectivity index (χ0) is 47.8. The maximum Gasteiger partial charge on any atom is 0.508 e. The summed E-state index contributed by atoms with van der Waals surface area (Å²) in [5.41, 5.74) is 5.39. The summed E-state index contributed by atoms with van der Waals surface area (Å²) in [6.45, 7) is 0.714. The highest BCUT2D eigenvalue weighted by molar-refractivity contribution is 6.67. The predicted octanol–water partition coefficient (Wildman–Crippen LogP) is 9.25. The number of carboxylic acid groups (broad SMARTS) is 1. The van der Waals surface area contributed by atoms with Gasteiger partial charge in [0.05, 0.1) is 32.8 Å². The van der Waals surface area contributed by atoms with Gasteiger partial charge in [-0.05, 0) is 71.7 Å². The van der Waals surface area contributed by atoms with Gasteiger partial charge < -0.3 is 53.1 Å². The number of aliphatic carboxylic acids is 1. The second kappa shape index (κ2) is 25.1. The van der Waals surface area contributed by atoms with Gasteiger partial charge in [0, 0.05) is 18.8 Å². The molecule has 1 heterocycles. The van der Waals surface area contributed by atoms with Gasteiger partial charge in [0.1, 0.15) is 36.9 Å². The number of rotatable bonds is 23. The molecule has 2 N–H and O–H groups in total. The van der Waals surface area contributed by atoms with Gasteiger partial charge in [0.25, 0.3) is 0 Å². The monoisotopic (exact) mass is 983 g/mol. The van der Waals surface area contributed by atoms with E-state index in [-0.39, 0.29) is 57.4 Å². The van der Waals surface area contributed by atoms with Crippen molar-refractivity contribution in [3.63, 3.8) is 0 Å². The van der Waals surface area contributed by atoms with Crippen LogP contribution < -0.4 is 10.1 Å². The number of amides is 1. The van der Waals surface area contributed by atoms with Gasteiger partial charge in [-0.2, -0.15) is 0 Å². The number of Topliss-reactive ketones (excluding diaryl/α,β-unsaturated/α-hetero) is 1. The lowest BCUT2D eigenvalue weighted by Crippen LogP contribution is -2.66. The van der Waals surface area contributed by atoms with E-state index in [0.29, 0.717) is 37.2 Å². The fourth-order valence-electron chi connectivity index (χ4n) is 7.64.